The molecule has 154 valence electrons. The van der Waals surface area contributed by atoms with Crippen molar-refractivity contribution < 1.29 is 0 Å². The van der Waals surface area contributed by atoms with Gasteiger partial charge in [-0.25, -0.2) is 15.0 Å². The van der Waals surface area contributed by atoms with Crippen molar-refractivity contribution in [2.75, 3.05) is 18.0 Å². The van der Waals surface area contributed by atoms with Crippen LogP contribution in [0.25, 0.3) is 11.3 Å². The Balaban J connectivity index is 1.24. The first kappa shape index (κ1) is 18.9. The van der Waals surface area contributed by atoms with Gasteiger partial charge in [0.05, 0.1) is 12.0 Å². The van der Waals surface area contributed by atoms with E-state index in [9.17, 15) is 4.79 Å². The Kier molecular flexibility index (Phi) is 5.26. The second-order valence-electron chi connectivity index (χ2n) is 8.26. The summed E-state index contributed by atoms with van der Waals surface area (Å²) in [5, 5.41) is 0. The molecule has 1 fully saturated rings. The summed E-state index contributed by atoms with van der Waals surface area (Å²) in [6.45, 7) is 2.68. The number of pyridine rings is 1. The van der Waals surface area contributed by atoms with Gasteiger partial charge in [0.1, 0.15) is 12.1 Å². The molecule has 0 unspecified atom stereocenters. The minimum absolute atomic E-state index is 0.00381. The highest BCUT2D eigenvalue weighted by molar-refractivity contribution is 5.57. The Hall–Kier alpha value is -3.09. The fourth-order valence-corrected chi connectivity index (χ4v) is 4.63. The number of fused-ring (bicyclic) bond motifs is 1. The zero-order valence-electron chi connectivity index (χ0n) is 17.1. The number of anilines is 1. The van der Waals surface area contributed by atoms with E-state index in [0.717, 1.165) is 56.7 Å². The third kappa shape index (κ3) is 3.84. The first-order valence-electron chi connectivity index (χ1n) is 10.8. The highest BCUT2D eigenvalue weighted by Crippen LogP contribution is 2.30. The topological polar surface area (TPSA) is 76.8 Å². The third-order valence-corrected chi connectivity index (χ3v) is 6.33. The average molecular weight is 403 g/mol. The van der Waals surface area contributed by atoms with E-state index in [2.05, 4.69) is 24.8 Å². The summed E-state index contributed by atoms with van der Waals surface area (Å²) in [5.74, 6) is 1.61. The van der Waals surface area contributed by atoms with Crippen molar-refractivity contribution in [3.8, 4) is 11.3 Å². The molecule has 0 bridgehead atoms. The van der Waals surface area contributed by atoms with Gasteiger partial charge in [-0.3, -0.25) is 14.3 Å². The normalized spacial score (nSPS) is 17.0. The maximum absolute atomic E-state index is 12.6. The highest BCUT2D eigenvalue weighted by atomic mass is 16.1. The van der Waals surface area contributed by atoms with Crippen LogP contribution >= 0.6 is 0 Å². The van der Waals surface area contributed by atoms with Gasteiger partial charge in [0.25, 0.3) is 5.56 Å². The Morgan fingerprint density at radius 1 is 1.00 bits per heavy atom. The Morgan fingerprint density at radius 2 is 1.80 bits per heavy atom. The lowest BCUT2D eigenvalue weighted by Gasteiger charge is -2.34. The number of rotatable bonds is 4. The summed E-state index contributed by atoms with van der Waals surface area (Å²) in [4.78, 5) is 32.7. The molecule has 7 nitrogen and oxygen atoms in total. The largest absolute Gasteiger partial charge is 0.356 e. The van der Waals surface area contributed by atoms with Crippen molar-refractivity contribution in [2.45, 2.75) is 45.1 Å². The van der Waals surface area contributed by atoms with E-state index in [-0.39, 0.29) is 5.56 Å². The second kappa shape index (κ2) is 8.34. The highest BCUT2D eigenvalue weighted by Gasteiger charge is 2.25. The predicted octanol–water partition coefficient (Wildman–Crippen LogP) is 2.89. The molecule has 0 spiro atoms. The van der Waals surface area contributed by atoms with Crippen molar-refractivity contribution in [1.82, 2.24) is 24.5 Å². The molecule has 0 amide bonds. The maximum Gasteiger partial charge on any atom is 0.253 e. The van der Waals surface area contributed by atoms with Crippen LogP contribution in [0.15, 0.2) is 48.0 Å². The fraction of sp³-hybridized carbons (Fsp3) is 0.435. The third-order valence-electron chi connectivity index (χ3n) is 6.33. The molecule has 5 rings (SSSR count). The van der Waals surface area contributed by atoms with Gasteiger partial charge in [0.2, 0.25) is 0 Å². The first-order chi connectivity index (χ1) is 14.8. The van der Waals surface area contributed by atoms with Crippen LogP contribution in [0.5, 0.6) is 0 Å². The van der Waals surface area contributed by atoms with Crippen molar-refractivity contribution in [2.24, 2.45) is 5.92 Å². The average Bonchev–Trinajstić information content (AvgIpc) is 2.81. The lowest BCUT2D eigenvalue weighted by atomic mass is 9.93. The van der Waals surface area contributed by atoms with E-state index >= 15 is 0 Å². The monoisotopic (exact) mass is 402 g/mol. The Morgan fingerprint density at radius 3 is 2.60 bits per heavy atom. The summed E-state index contributed by atoms with van der Waals surface area (Å²) in [6.07, 6.45) is 13.6. The molecule has 0 saturated carbocycles. The van der Waals surface area contributed by atoms with Crippen molar-refractivity contribution in [3.05, 3.63) is 64.9 Å². The fourth-order valence-electron chi connectivity index (χ4n) is 4.63. The number of hydrogen-bond donors (Lipinski definition) is 0. The van der Waals surface area contributed by atoms with E-state index in [1.165, 1.54) is 24.1 Å². The minimum atomic E-state index is 0.00381. The Labute approximate surface area is 175 Å². The van der Waals surface area contributed by atoms with Crippen LogP contribution in [-0.2, 0) is 19.4 Å². The minimum Gasteiger partial charge on any atom is -0.356 e. The number of aromatic nitrogens is 5. The van der Waals surface area contributed by atoms with Crippen LogP contribution < -0.4 is 10.5 Å². The summed E-state index contributed by atoms with van der Waals surface area (Å²) in [5.41, 5.74) is 4.21. The number of hydrogen-bond acceptors (Lipinski definition) is 6. The standard InChI is InChI=1S/C23H26N6O/c30-22-13-21(18-5-9-24-10-6-18)27-16-29(22)14-17-7-11-28(12-8-17)23-19-3-1-2-4-20(19)25-15-26-23/h5-6,9-10,13,15-17H,1-4,7-8,11-12,14H2. The zero-order valence-corrected chi connectivity index (χ0v) is 17.1. The molecule has 0 aromatic carbocycles. The van der Waals surface area contributed by atoms with Gasteiger partial charge in [-0.1, -0.05) is 0 Å². The molecule has 1 aliphatic heterocycles. The van der Waals surface area contributed by atoms with E-state index in [0.29, 0.717) is 11.6 Å². The van der Waals surface area contributed by atoms with Gasteiger partial charge in [0.15, 0.2) is 0 Å². The molecular weight excluding hydrogens is 376 g/mol. The van der Waals surface area contributed by atoms with Crippen LogP contribution in [0, 0.1) is 5.92 Å². The molecule has 0 atom stereocenters. The van der Waals surface area contributed by atoms with Gasteiger partial charge >= 0.3 is 0 Å². The quantitative estimate of drug-likeness (QED) is 0.668. The molecule has 4 heterocycles. The van der Waals surface area contributed by atoms with Crippen molar-refractivity contribution >= 4 is 5.82 Å². The number of aryl methyl sites for hydroxylation is 1. The molecule has 30 heavy (non-hydrogen) atoms. The zero-order chi connectivity index (χ0) is 20.3. The van der Waals surface area contributed by atoms with Gasteiger partial charge in [-0.2, -0.15) is 0 Å². The predicted molar refractivity (Wildman–Crippen MR) is 115 cm³/mol. The summed E-state index contributed by atoms with van der Waals surface area (Å²) in [6, 6.07) is 5.36. The van der Waals surface area contributed by atoms with Gasteiger partial charge in [-0.05, 0) is 56.6 Å². The lowest BCUT2D eigenvalue weighted by Crippen LogP contribution is -2.37. The smallest absolute Gasteiger partial charge is 0.253 e. The summed E-state index contributed by atoms with van der Waals surface area (Å²) < 4.78 is 1.75. The number of nitrogens with zero attached hydrogens (tertiary/aromatic N) is 6. The SMILES string of the molecule is O=c1cc(-c2ccncc2)ncn1CC1CCN(c2ncnc3c2CCCC3)CC1. The van der Waals surface area contributed by atoms with Crippen LogP contribution in [0.2, 0.25) is 0 Å². The van der Waals surface area contributed by atoms with E-state index in [1.54, 1.807) is 35.7 Å². The van der Waals surface area contributed by atoms with Gasteiger partial charge < -0.3 is 4.90 Å². The van der Waals surface area contributed by atoms with Crippen LogP contribution in [0.3, 0.4) is 0 Å². The summed E-state index contributed by atoms with van der Waals surface area (Å²) >= 11 is 0. The molecular formula is C23H26N6O. The molecule has 1 aliphatic carbocycles. The van der Waals surface area contributed by atoms with Crippen LogP contribution in [-0.4, -0.2) is 37.6 Å². The van der Waals surface area contributed by atoms with E-state index in [1.807, 2.05) is 12.1 Å². The molecule has 7 heteroatoms. The van der Waals surface area contributed by atoms with Crippen molar-refractivity contribution in [3.63, 3.8) is 0 Å². The molecule has 1 saturated heterocycles. The molecule has 3 aromatic rings. The molecule has 3 aromatic heterocycles. The van der Waals surface area contributed by atoms with E-state index in [4.69, 9.17) is 0 Å². The van der Waals surface area contributed by atoms with Gasteiger partial charge in [-0.15, -0.1) is 0 Å². The first-order valence-corrected chi connectivity index (χ1v) is 10.8. The second-order valence-corrected chi connectivity index (χ2v) is 8.26. The van der Waals surface area contributed by atoms with E-state index < -0.39 is 0 Å². The summed E-state index contributed by atoms with van der Waals surface area (Å²) in [7, 11) is 0. The van der Waals surface area contributed by atoms with Crippen LogP contribution in [0.4, 0.5) is 5.82 Å². The molecule has 0 radical (unpaired) electrons. The van der Waals surface area contributed by atoms with Crippen LogP contribution in [0.1, 0.15) is 36.9 Å². The van der Waals surface area contributed by atoms with Crippen molar-refractivity contribution in [1.29, 1.82) is 0 Å². The Bertz CT molecular complexity index is 1070. The maximum atomic E-state index is 12.6. The number of piperidine rings is 1. The molecule has 2 aliphatic rings. The lowest BCUT2D eigenvalue weighted by molar-refractivity contribution is 0.349. The molecule has 0 N–H and O–H groups in total. The van der Waals surface area contributed by atoms with Gasteiger partial charge in [0, 0.05) is 54.9 Å².